The summed E-state index contributed by atoms with van der Waals surface area (Å²) in [5.74, 6) is 0.0604. The number of rotatable bonds is 2. The van der Waals surface area contributed by atoms with Crippen LogP contribution in [0.15, 0.2) is 30.3 Å². The summed E-state index contributed by atoms with van der Waals surface area (Å²) < 4.78 is 1.98. The Morgan fingerprint density at radius 3 is 2.70 bits per heavy atom. The number of hydrogen-bond acceptors (Lipinski definition) is 3. The quantitative estimate of drug-likeness (QED) is 0.763. The number of carbonyl (C=O) groups excluding carboxylic acids is 1. The lowest BCUT2D eigenvalue weighted by Crippen LogP contribution is -2.34. The Kier molecular flexibility index (Phi) is 3.85. The summed E-state index contributed by atoms with van der Waals surface area (Å²) >= 11 is 0. The standard InChI is InChI=1S/C21H23N5O/c1-25-20(14-6-3-2-4-7-14)16-10-12-26(13-11-18(16)24-25)21(27)19-15-8-5-9-17(15)22-23-19/h2-4,6-7H,5,8-13H2,1H3,(H,22,23). The molecule has 6 nitrogen and oxygen atoms in total. The summed E-state index contributed by atoms with van der Waals surface area (Å²) in [6.45, 7) is 1.40. The van der Waals surface area contributed by atoms with Crippen LogP contribution in [0.2, 0.25) is 0 Å². The van der Waals surface area contributed by atoms with Gasteiger partial charge in [-0.15, -0.1) is 0 Å². The van der Waals surface area contributed by atoms with Gasteiger partial charge >= 0.3 is 0 Å². The molecular weight excluding hydrogens is 338 g/mol. The summed E-state index contributed by atoms with van der Waals surface area (Å²) in [6, 6.07) is 10.4. The molecule has 6 heteroatoms. The fourth-order valence-corrected chi connectivity index (χ4v) is 4.49. The summed E-state index contributed by atoms with van der Waals surface area (Å²) in [5, 5.41) is 12.1. The van der Waals surface area contributed by atoms with Gasteiger partial charge < -0.3 is 4.90 Å². The molecule has 1 N–H and O–H groups in total. The molecule has 1 aliphatic carbocycles. The molecule has 3 heterocycles. The highest BCUT2D eigenvalue weighted by atomic mass is 16.2. The molecule has 3 aromatic rings. The molecule has 2 aliphatic rings. The van der Waals surface area contributed by atoms with Crippen LogP contribution < -0.4 is 0 Å². The monoisotopic (exact) mass is 361 g/mol. The highest BCUT2D eigenvalue weighted by Crippen LogP contribution is 2.29. The summed E-state index contributed by atoms with van der Waals surface area (Å²) in [7, 11) is 2.01. The molecule has 1 aliphatic heterocycles. The third kappa shape index (κ3) is 2.67. The third-order valence-electron chi connectivity index (χ3n) is 5.82. The first kappa shape index (κ1) is 16.3. The van der Waals surface area contributed by atoms with Crippen molar-refractivity contribution in [2.75, 3.05) is 13.1 Å². The molecule has 0 saturated carbocycles. The Hall–Kier alpha value is -2.89. The molecule has 0 atom stereocenters. The predicted molar refractivity (Wildman–Crippen MR) is 103 cm³/mol. The Morgan fingerprint density at radius 1 is 1.04 bits per heavy atom. The maximum absolute atomic E-state index is 13.1. The number of nitrogens with zero attached hydrogens (tertiary/aromatic N) is 4. The van der Waals surface area contributed by atoms with Gasteiger partial charge in [0.2, 0.25) is 0 Å². The molecule has 2 aromatic heterocycles. The number of benzene rings is 1. The zero-order valence-corrected chi connectivity index (χ0v) is 15.5. The molecule has 1 amide bonds. The number of aromatic nitrogens is 4. The number of carbonyl (C=O) groups is 1. The lowest BCUT2D eigenvalue weighted by atomic mass is 10.0. The lowest BCUT2D eigenvalue weighted by Gasteiger charge is -2.20. The second-order valence-electron chi connectivity index (χ2n) is 7.44. The molecule has 1 aromatic carbocycles. The average molecular weight is 361 g/mol. The van der Waals surface area contributed by atoms with Crippen molar-refractivity contribution >= 4 is 5.91 Å². The van der Waals surface area contributed by atoms with Gasteiger partial charge in [-0.3, -0.25) is 14.6 Å². The van der Waals surface area contributed by atoms with E-state index in [1.54, 1.807) is 0 Å². The predicted octanol–water partition coefficient (Wildman–Crippen LogP) is 2.54. The van der Waals surface area contributed by atoms with Crippen LogP contribution in [0.25, 0.3) is 11.3 Å². The van der Waals surface area contributed by atoms with Crippen molar-refractivity contribution in [2.45, 2.75) is 32.1 Å². The number of fused-ring (bicyclic) bond motifs is 2. The number of nitrogens with one attached hydrogen (secondary N) is 1. The van der Waals surface area contributed by atoms with Gasteiger partial charge in [0.1, 0.15) is 0 Å². The molecule has 138 valence electrons. The van der Waals surface area contributed by atoms with Crippen LogP contribution in [0.5, 0.6) is 0 Å². The molecule has 5 rings (SSSR count). The Balaban J connectivity index is 1.42. The van der Waals surface area contributed by atoms with E-state index in [0.29, 0.717) is 18.8 Å². The van der Waals surface area contributed by atoms with Gasteiger partial charge in [-0.2, -0.15) is 10.2 Å². The van der Waals surface area contributed by atoms with E-state index >= 15 is 0 Å². The second-order valence-corrected chi connectivity index (χ2v) is 7.44. The summed E-state index contributed by atoms with van der Waals surface area (Å²) in [5.41, 5.74) is 7.63. The van der Waals surface area contributed by atoms with Crippen molar-refractivity contribution in [1.82, 2.24) is 24.9 Å². The van der Waals surface area contributed by atoms with E-state index in [-0.39, 0.29) is 5.91 Å². The van der Waals surface area contributed by atoms with Crippen LogP contribution in [-0.2, 0) is 32.7 Å². The van der Waals surface area contributed by atoms with Crippen LogP contribution in [0.1, 0.15) is 39.4 Å². The minimum absolute atomic E-state index is 0.0604. The smallest absolute Gasteiger partial charge is 0.274 e. The van der Waals surface area contributed by atoms with Crippen molar-refractivity contribution in [3.63, 3.8) is 0 Å². The van der Waals surface area contributed by atoms with E-state index < -0.39 is 0 Å². The van der Waals surface area contributed by atoms with Gasteiger partial charge in [-0.05, 0) is 25.7 Å². The molecular formula is C21H23N5O. The topological polar surface area (TPSA) is 66.8 Å². The molecule has 0 unspecified atom stereocenters. The number of hydrogen-bond donors (Lipinski definition) is 1. The van der Waals surface area contributed by atoms with Gasteiger partial charge in [-0.1, -0.05) is 30.3 Å². The molecule has 0 radical (unpaired) electrons. The summed E-state index contributed by atoms with van der Waals surface area (Å²) in [4.78, 5) is 15.0. The first-order valence-electron chi connectivity index (χ1n) is 9.68. The highest BCUT2D eigenvalue weighted by Gasteiger charge is 2.29. The third-order valence-corrected chi connectivity index (χ3v) is 5.82. The van der Waals surface area contributed by atoms with E-state index in [2.05, 4.69) is 34.5 Å². The number of aryl methyl sites for hydroxylation is 2. The average Bonchev–Trinajstić information content (AvgIpc) is 3.33. The van der Waals surface area contributed by atoms with Gasteiger partial charge in [-0.25, -0.2) is 0 Å². The van der Waals surface area contributed by atoms with Crippen LogP contribution in [0, 0.1) is 0 Å². The molecule has 0 fully saturated rings. The number of aromatic amines is 1. The van der Waals surface area contributed by atoms with Crippen molar-refractivity contribution in [1.29, 1.82) is 0 Å². The van der Waals surface area contributed by atoms with Gasteiger partial charge in [0.25, 0.3) is 5.91 Å². The van der Waals surface area contributed by atoms with Crippen molar-refractivity contribution in [3.8, 4) is 11.3 Å². The van der Waals surface area contributed by atoms with Crippen molar-refractivity contribution in [3.05, 3.63) is 58.5 Å². The van der Waals surface area contributed by atoms with E-state index in [1.807, 2.05) is 22.7 Å². The van der Waals surface area contributed by atoms with Crippen LogP contribution in [0.3, 0.4) is 0 Å². The molecule has 0 saturated heterocycles. The fourth-order valence-electron chi connectivity index (χ4n) is 4.49. The molecule has 27 heavy (non-hydrogen) atoms. The van der Waals surface area contributed by atoms with Crippen LogP contribution >= 0.6 is 0 Å². The largest absolute Gasteiger partial charge is 0.337 e. The fraction of sp³-hybridized carbons (Fsp3) is 0.381. The summed E-state index contributed by atoms with van der Waals surface area (Å²) in [6.07, 6.45) is 4.69. The molecule has 0 bridgehead atoms. The Bertz CT molecular complexity index is 1000. The SMILES string of the molecule is Cn1nc2c(c1-c1ccccc1)CCN(C(=O)c1n[nH]c3c1CCC3)CC2. The normalized spacial score (nSPS) is 16.1. The van der Waals surface area contributed by atoms with Gasteiger partial charge in [0, 0.05) is 48.9 Å². The van der Waals surface area contributed by atoms with E-state index in [1.165, 1.54) is 16.8 Å². The molecule has 0 spiro atoms. The van der Waals surface area contributed by atoms with E-state index in [0.717, 1.165) is 49.1 Å². The first-order chi connectivity index (χ1) is 13.2. The van der Waals surface area contributed by atoms with Crippen molar-refractivity contribution in [2.24, 2.45) is 7.05 Å². The minimum Gasteiger partial charge on any atom is -0.337 e. The minimum atomic E-state index is 0.0604. The number of amides is 1. The highest BCUT2D eigenvalue weighted by molar-refractivity contribution is 5.94. The van der Waals surface area contributed by atoms with E-state index in [4.69, 9.17) is 5.10 Å². The zero-order valence-electron chi connectivity index (χ0n) is 15.5. The zero-order chi connectivity index (χ0) is 18.4. The van der Waals surface area contributed by atoms with Gasteiger partial charge in [0.15, 0.2) is 5.69 Å². The second kappa shape index (κ2) is 6.37. The Morgan fingerprint density at radius 2 is 1.85 bits per heavy atom. The maximum Gasteiger partial charge on any atom is 0.274 e. The first-order valence-corrected chi connectivity index (χ1v) is 9.68. The van der Waals surface area contributed by atoms with Crippen molar-refractivity contribution < 1.29 is 4.79 Å². The Labute approximate surface area is 158 Å². The van der Waals surface area contributed by atoms with Crippen LogP contribution in [0.4, 0.5) is 0 Å². The number of H-pyrrole nitrogens is 1. The van der Waals surface area contributed by atoms with Crippen LogP contribution in [-0.4, -0.2) is 43.9 Å². The van der Waals surface area contributed by atoms with E-state index in [9.17, 15) is 4.79 Å². The lowest BCUT2D eigenvalue weighted by molar-refractivity contribution is 0.0755. The van der Waals surface area contributed by atoms with Gasteiger partial charge in [0.05, 0.1) is 11.4 Å². The maximum atomic E-state index is 13.1.